The van der Waals surface area contributed by atoms with Crippen LogP contribution in [0.2, 0.25) is 5.02 Å². The van der Waals surface area contributed by atoms with Gasteiger partial charge < -0.3 is 10.2 Å². The fraction of sp³-hybridized carbons (Fsp3) is 0. The van der Waals surface area contributed by atoms with E-state index < -0.39 is 0 Å². The Hall–Kier alpha value is -1.15. The second-order valence-electron chi connectivity index (χ2n) is 2.29. The highest BCUT2D eigenvalue weighted by Crippen LogP contribution is 2.28. The van der Waals surface area contributed by atoms with Crippen molar-refractivity contribution in [2.75, 3.05) is 5.73 Å². The Balaban J connectivity index is 2.93. The van der Waals surface area contributed by atoms with Crippen LogP contribution < -0.4 is 5.73 Å². The predicted octanol–water partition coefficient (Wildman–Crippen LogP) is 2.67. The lowest BCUT2D eigenvalue weighted by Gasteiger charge is -1.96. The second-order valence-corrected chi connectivity index (χ2v) is 2.70. The monoisotopic (exact) mass is 167 g/mol. The van der Waals surface area contributed by atoms with E-state index in [0.29, 0.717) is 10.7 Å². The molecular weight excluding hydrogens is 162 g/mol. The van der Waals surface area contributed by atoms with E-state index in [0.717, 1.165) is 11.0 Å². The molecule has 2 aromatic rings. The van der Waals surface area contributed by atoms with Gasteiger partial charge in [0.1, 0.15) is 5.58 Å². The molecule has 0 bridgehead atoms. The fourth-order valence-corrected chi connectivity index (χ4v) is 1.20. The molecule has 3 heteroatoms. The highest BCUT2D eigenvalue weighted by molar-refractivity contribution is 6.34. The fourth-order valence-electron chi connectivity index (χ4n) is 1.04. The zero-order valence-corrected chi connectivity index (χ0v) is 6.43. The number of furan rings is 1. The maximum Gasteiger partial charge on any atom is 0.136 e. The third-order valence-electron chi connectivity index (χ3n) is 1.62. The average molecular weight is 168 g/mol. The summed E-state index contributed by atoms with van der Waals surface area (Å²) in [5.74, 6) is 0. The van der Waals surface area contributed by atoms with Gasteiger partial charge in [0, 0.05) is 5.39 Å². The topological polar surface area (TPSA) is 39.2 Å². The Bertz CT molecular complexity index is 394. The molecule has 2 nitrogen and oxygen atoms in total. The molecule has 0 fully saturated rings. The van der Waals surface area contributed by atoms with E-state index in [2.05, 4.69) is 0 Å². The summed E-state index contributed by atoms with van der Waals surface area (Å²) in [6, 6.07) is 5.33. The summed E-state index contributed by atoms with van der Waals surface area (Å²) < 4.78 is 5.12. The molecule has 1 aromatic carbocycles. The molecule has 0 saturated carbocycles. The Morgan fingerprint density at radius 3 is 2.91 bits per heavy atom. The third-order valence-corrected chi connectivity index (χ3v) is 1.95. The highest BCUT2D eigenvalue weighted by Gasteiger charge is 2.03. The van der Waals surface area contributed by atoms with E-state index in [9.17, 15) is 0 Å². The first-order valence-corrected chi connectivity index (χ1v) is 3.58. The van der Waals surface area contributed by atoms with Crippen LogP contribution in [0.1, 0.15) is 0 Å². The van der Waals surface area contributed by atoms with Crippen molar-refractivity contribution in [1.29, 1.82) is 0 Å². The zero-order valence-electron chi connectivity index (χ0n) is 5.67. The van der Waals surface area contributed by atoms with Crippen LogP contribution in [0.4, 0.5) is 5.69 Å². The van der Waals surface area contributed by atoms with Crippen LogP contribution in [0.5, 0.6) is 0 Å². The van der Waals surface area contributed by atoms with Crippen molar-refractivity contribution in [3.05, 3.63) is 29.5 Å². The van der Waals surface area contributed by atoms with E-state index in [1.807, 2.05) is 0 Å². The molecule has 0 aliphatic heterocycles. The van der Waals surface area contributed by atoms with Gasteiger partial charge in [0.2, 0.25) is 0 Å². The van der Waals surface area contributed by atoms with Gasteiger partial charge in [-0.25, -0.2) is 0 Å². The minimum absolute atomic E-state index is 0.568. The van der Waals surface area contributed by atoms with Gasteiger partial charge in [-0.1, -0.05) is 11.6 Å². The van der Waals surface area contributed by atoms with Crippen molar-refractivity contribution < 1.29 is 4.42 Å². The van der Waals surface area contributed by atoms with Crippen LogP contribution in [0.15, 0.2) is 28.9 Å². The summed E-state index contributed by atoms with van der Waals surface area (Å²) >= 11 is 5.78. The minimum atomic E-state index is 0.568. The van der Waals surface area contributed by atoms with Crippen LogP contribution in [0, 0.1) is 0 Å². The molecule has 2 N–H and O–H groups in total. The van der Waals surface area contributed by atoms with Crippen molar-refractivity contribution in [2.24, 2.45) is 0 Å². The molecule has 0 aliphatic rings. The number of halogens is 1. The molecular formula is C8H6ClNO. The molecule has 11 heavy (non-hydrogen) atoms. The number of hydrogen-bond donors (Lipinski definition) is 1. The average Bonchev–Trinajstić information content (AvgIpc) is 2.45. The van der Waals surface area contributed by atoms with Crippen LogP contribution in [-0.2, 0) is 0 Å². The number of benzene rings is 1. The first-order valence-electron chi connectivity index (χ1n) is 3.20. The summed E-state index contributed by atoms with van der Waals surface area (Å²) in [6.07, 6.45) is 1.59. The van der Waals surface area contributed by atoms with E-state index in [4.69, 9.17) is 21.8 Å². The Morgan fingerprint density at radius 1 is 1.27 bits per heavy atom. The minimum Gasteiger partial charge on any atom is -0.464 e. The summed E-state index contributed by atoms with van der Waals surface area (Å²) in [5, 5.41) is 1.44. The quantitative estimate of drug-likeness (QED) is 0.613. The largest absolute Gasteiger partial charge is 0.464 e. The molecule has 0 saturated heterocycles. The van der Waals surface area contributed by atoms with Crippen LogP contribution >= 0.6 is 11.6 Å². The van der Waals surface area contributed by atoms with Gasteiger partial charge in [0.05, 0.1) is 17.0 Å². The maximum absolute atomic E-state index is 5.78. The molecule has 1 heterocycles. The third kappa shape index (κ3) is 0.870. The van der Waals surface area contributed by atoms with Crippen molar-refractivity contribution >= 4 is 28.3 Å². The maximum atomic E-state index is 5.78. The smallest absolute Gasteiger partial charge is 0.136 e. The summed E-state index contributed by atoms with van der Waals surface area (Å²) in [6.45, 7) is 0. The first kappa shape index (κ1) is 6.55. The number of anilines is 1. The van der Waals surface area contributed by atoms with E-state index in [-0.39, 0.29) is 0 Å². The van der Waals surface area contributed by atoms with Crippen molar-refractivity contribution in [3.63, 3.8) is 0 Å². The highest BCUT2D eigenvalue weighted by atomic mass is 35.5. The molecule has 2 rings (SSSR count). The molecule has 0 spiro atoms. The van der Waals surface area contributed by atoms with Crippen molar-refractivity contribution in [2.45, 2.75) is 0 Å². The van der Waals surface area contributed by atoms with Gasteiger partial charge in [-0.15, -0.1) is 0 Å². The lowest BCUT2D eigenvalue weighted by atomic mass is 10.2. The standard InChI is InChI=1S/C8H6ClNO/c9-6-1-2-7-5(8(6)10)3-4-11-7/h1-4H,10H2. The zero-order chi connectivity index (χ0) is 7.84. The summed E-state index contributed by atoms with van der Waals surface area (Å²) in [7, 11) is 0. The van der Waals surface area contributed by atoms with Crippen LogP contribution in [0.3, 0.4) is 0 Å². The summed E-state index contributed by atoms with van der Waals surface area (Å²) in [5.41, 5.74) is 7.02. The lowest BCUT2D eigenvalue weighted by Crippen LogP contribution is -1.85. The normalized spacial score (nSPS) is 10.6. The first-order chi connectivity index (χ1) is 5.29. The number of rotatable bonds is 0. The van der Waals surface area contributed by atoms with Crippen molar-refractivity contribution in [3.8, 4) is 0 Å². The molecule has 0 aliphatic carbocycles. The molecule has 56 valence electrons. The number of nitrogen functional groups attached to an aromatic ring is 1. The van der Waals surface area contributed by atoms with Crippen LogP contribution in [0.25, 0.3) is 11.0 Å². The summed E-state index contributed by atoms with van der Waals surface area (Å²) in [4.78, 5) is 0. The molecule has 0 atom stereocenters. The number of fused-ring (bicyclic) bond motifs is 1. The second kappa shape index (κ2) is 2.17. The van der Waals surface area contributed by atoms with Gasteiger partial charge in [0.15, 0.2) is 0 Å². The number of hydrogen-bond acceptors (Lipinski definition) is 2. The SMILES string of the molecule is Nc1c(Cl)ccc2occc12. The van der Waals surface area contributed by atoms with Crippen LogP contribution in [-0.4, -0.2) is 0 Å². The Morgan fingerprint density at radius 2 is 2.09 bits per heavy atom. The van der Waals surface area contributed by atoms with E-state index in [1.165, 1.54) is 0 Å². The van der Waals surface area contributed by atoms with Crippen molar-refractivity contribution in [1.82, 2.24) is 0 Å². The molecule has 0 radical (unpaired) electrons. The molecule has 0 unspecified atom stereocenters. The van der Waals surface area contributed by atoms with E-state index in [1.54, 1.807) is 24.5 Å². The van der Waals surface area contributed by atoms with Gasteiger partial charge >= 0.3 is 0 Å². The molecule has 1 aromatic heterocycles. The van der Waals surface area contributed by atoms with Gasteiger partial charge in [-0.05, 0) is 18.2 Å². The van der Waals surface area contributed by atoms with E-state index >= 15 is 0 Å². The molecule has 0 amide bonds. The Labute approximate surface area is 68.6 Å². The van der Waals surface area contributed by atoms with Gasteiger partial charge in [0.25, 0.3) is 0 Å². The number of nitrogens with two attached hydrogens (primary N) is 1. The lowest BCUT2D eigenvalue weighted by molar-refractivity contribution is 0.616. The predicted molar refractivity (Wildman–Crippen MR) is 45.6 cm³/mol. The Kier molecular flexibility index (Phi) is 1.29. The van der Waals surface area contributed by atoms with Gasteiger partial charge in [-0.2, -0.15) is 0 Å². The van der Waals surface area contributed by atoms with Gasteiger partial charge in [-0.3, -0.25) is 0 Å².